The second kappa shape index (κ2) is 6.14. The molecule has 3 N–H and O–H groups in total. The van der Waals surface area contributed by atoms with Gasteiger partial charge in [0.15, 0.2) is 5.69 Å². The largest absolute Gasteiger partial charge is 0.344 e. The second-order valence-corrected chi connectivity index (χ2v) is 6.79. The smallest absolute Gasteiger partial charge is 0.274 e. The Hall–Kier alpha value is -1.99. The van der Waals surface area contributed by atoms with Gasteiger partial charge in [0, 0.05) is 6.54 Å². The molecule has 1 aliphatic carbocycles. The lowest BCUT2D eigenvalue weighted by Gasteiger charge is -2.29. The van der Waals surface area contributed by atoms with Gasteiger partial charge >= 0.3 is 0 Å². The number of carbonyl (C=O) groups is 1. The fourth-order valence-corrected chi connectivity index (χ4v) is 2.93. The van der Waals surface area contributed by atoms with Crippen molar-refractivity contribution < 1.29 is 9.18 Å². The summed E-state index contributed by atoms with van der Waals surface area (Å²) in [6.45, 7) is 4.04. The molecular weight excluding hydrogens is 333 g/mol. The van der Waals surface area contributed by atoms with Crippen LogP contribution < -0.4 is 11.1 Å². The van der Waals surface area contributed by atoms with E-state index in [2.05, 4.69) is 15.6 Å². The van der Waals surface area contributed by atoms with Crippen LogP contribution in [0.15, 0.2) is 18.2 Å². The molecule has 8 heteroatoms. The molecule has 1 aromatic carbocycles. The highest BCUT2D eigenvalue weighted by molar-refractivity contribution is 6.30. The number of amides is 1. The minimum Gasteiger partial charge on any atom is -0.344 e. The highest BCUT2D eigenvalue weighted by Crippen LogP contribution is 2.39. The molecule has 24 heavy (non-hydrogen) atoms. The molecule has 6 nitrogen and oxygen atoms in total. The van der Waals surface area contributed by atoms with E-state index in [-0.39, 0.29) is 16.6 Å². The van der Waals surface area contributed by atoms with Crippen LogP contribution in [0.4, 0.5) is 4.39 Å². The van der Waals surface area contributed by atoms with Gasteiger partial charge in [0.2, 0.25) is 0 Å². The van der Waals surface area contributed by atoms with Crippen molar-refractivity contribution in [1.82, 2.24) is 20.3 Å². The molecule has 2 aromatic rings. The van der Waals surface area contributed by atoms with E-state index in [0.29, 0.717) is 23.8 Å². The van der Waals surface area contributed by atoms with Crippen molar-refractivity contribution in [2.75, 3.05) is 6.54 Å². The summed E-state index contributed by atoms with van der Waals surface area (Å²) in [4.78, 5) is 12.6. The Kier molecular flexibility index (Phi) is 4.31. The van der Waals surface area contributed by atoms with Crippen LogP contribution in [-0.2, 0) is 0 Å². The Bertz CT molecular complexity index is 789. The molecule has 0 saturated heterocycles. The third kappa shape index (κ3) is 3.01. The lowest BCUT2D eigenvalue weighted by Crippen LogP contribution is -2.53. The van der Waals surface area contributed by atoms with E-state index < -0.39 is 11.4 Å². The number of halogens is 2. The maximum absolute atomic E-state index is 13.3. The summed E-state index contributed by atoms with van der Waals surface area (Å²) in [5.74, 6) is -0.427. The summed E-state index contributed by atoms with van der Waals surface area (Å²) in [7, 11) is 0. The number of carbonyl (C=O) groups excluding carboxylic acids is 1. The fraction of sp³-hybridized carbons (Fsp3) is 0.438. The number of nitrogens with zero attached hydrogens (tertiary/aromatic N) is 3. The SMILES string of the molecule is Cc1c(C(=O)NC(C)(CN)C2CC2)nnn1-c1ccc(F)c(Cl)c1. The number of aromatic nitrogens is 3. The number of nitrogens with two attached hydrogens (primary N) is 1. The van der Waals surface area contributed by atoms with Crippen molar-refractivity contribution in [1.29, 1.82) is 0 Å². The van der Waals surface area contributed by atoms with E-state index in [1.54, 1.807) is 6.92 Å². The Morgan fingerprint density at radius 3 is 2.83 bits per heavy atom. The molecule has 1 unspecified atom stereocenters. The minimum absolute atomic E-state index is 0.0159. The molecule has 1 saturated carbocycles. The Balaban J connectivity index is 1.86. The van der Waals surface area contributed by atoms with Crippen LogP contribution in [0.5, 0.6) is 0 Å². The van der Waals surface area contributed by atoms with E-state index in [4.69, 9.17) is 17.3 Å². The molecule has 0 spiro atoms. The topological polar surface area (TPSA) is 85.8 Å². The number of benzene rings is 1. The lowest BCUT2D eigenvalue weighted by molar-refractivity contribution is 0.0892. The first-order valence-corrected chi connectivity index (χ1v) is 8.14. The zero-order chi connectivity index (χ0) is 17.5. The Labute approximate surface area is 144 Å². The molecule has 128 valence electrons. The third-order valence-electron chi connectivity index (χ3n) is 4.56. The van der Waals surface area contributed by atoms with Crippen molar-refractivity contribution in [3.63, 3.8) is 0 Å². The van der Waals surface area contributed by atoms with E-state index in [9.17, 15) is 9.18 Å². The second-order valence-electron chi connectivity index (χ2n) is 6.38. The number of rotatable bonds is 5. The van der Waals surface area contributed by atoms with Crippen molar-refractivity contribution in [2.45, 2.75) is 32.2 Å². The Morgan fingerprint density at radius 1 is 1.54 bits per heavy atom. The van der Waals surface area contributed by atoms with E-state index in [1.165, 1.54) is 22.9 Å². The predicted molar refractivity (Wildman–Crippen MR) is 88.7 cm³/mol. The van der Waals surface area contributed by atoms with Crippen LogP contribution >= 0.6 is 11.6 Å². The monoisotopic (exact) mass is 351 g/mol. The molecular formula is C16H19ClFN5O. The highest BCUT2D eigenvalue weighted by Gasteiger charge is 2.42. The molecule has 1 atom stereocenters. The average molecular weight is 352 g/mol. The Morgan fingerprint density at radius 2 is 2.25 bits per heavy atom. The molecule has 1 aromatic heterocycles. The van der Waals surface area contributed by atoms with Gasteiger partial charge in [-0.2, -0.15) is 0 Å². The van der Waals surface area contributed by atoms with E-state index in [0.717, 1.165) is 12.8 Å². The standard InChI is InChI=1S/C16H19ClFN5O/c1-9-14(15(24)20-16(2,8-19)10-3-4-10)21-22-23(9)11-5-6-13(18)12(17)7-11/h5-7,10H,3-4,8,19H2,1-2H3,(H,20,24). The average Bonchev–Trinajstić information content (AvgIpc) is 3.33. The fourth-order valence-electron chi connectivity index (χ4n) is 2.76. The first kappa shape index (κ1) is 16.9. The zero-order valence-corrected chi connectivity index (χ0v) is 14.3. The molecule has 1 aliphatic rings. The van der Waals surface area contributed by atoms with Crippen LogP contribution in [0.2, 0.25) is 5.02 Å². The van der Waals surface area contributed by atoms with Crippen molar-refractivity contribution in [3.8, 4) is 5.69 Å². The van der Waals surface area contributed by atoms with Gasteiger partial charge in [-0.25, -0.2) is 9.07 Å². The van der Waals surface area contributed by atoms with Crippen molar-refractivity contribution in [2.24, 2.45) is 11.7 Å². The molecule has 0 radical (unpaired) electrons. The maximum atomic E-state index is 13.3. The first-order valence-electron chi connectivity index (χ1n) is 7.76. The molecule has 0 aliphatic heterocycles. The van der Waals surface area contributed by atoms with Gasteiger partial charge in [0.05, 0.1) is 21.9 Å². The van der Waals surface area contributed by atoms with Crippen LogP contribution in [0.3, 0.4) is 0 Å². The van der Waals surface area contributed by atoms with E-state index >= 15 is 0 Å². The molecule has 3 rings (SSSR count). The van der Waals surface area contributed by atoms with Crippen molar-refractivity contribution >= 4 is 17.5 Å². The normalized spacial score (nSPS) is 16.7. The summed E-state index contributed by atoms with van der Waals surface area (Å²) < 4.78 is 14.8. The quantitative estimate of drug-likeness (QED) is 0.864. The first-order chi connectivity index (χ1) is 11.4. The summed E-state index contributed by atoms with van der Waals surface area (Å²) in [6.07, 6.45) is 2.13. The summed E-state index contributed by atoms with van der Waals surface area (Å²) in [6, 6.07) is 4.21. The van der Waals surface area contributed by atoms with Gasteiger partial charge in [0.1, 0.15) is 5.82 Å². The number of hydrogen-bond donors (Lipinski definition) is 2. The molecule has 1 amide bonds. The van der Waals surface area contributed by atoms with Crippen LogP contribution in [0.1, 0.15) is 35.9 Å². The van der Waals surface area contributed by atoms with Crippen LogP contribution in [0, 0.1) is 18.7 Å². The van der Waals surface area contributed by atoms with Gasteiger partial charge in [-0.05, 0) is 50.8 Å². The third-order valence-corrected chi connectivity index (χ3v) is 4.85. The summed E-state index contributed by atoms with van der Waals surface area (Å²) >= 11 is 5.80. The van der Waals surface area contributed by atoms with Gasteiger partial charge in [-0.15, -0.1) is 5.10 Å². The van der Waals surface area contributed by atoms with Crippen LogP contribution in [-0.4, -0.2) is 33.0 Å². The maximum Gasteiger partial charge on any atom is 0.274 e. The molecule has 1 heterocycles. The highest BCUT2D eigenvalue weighted by atomic mass is 35.5. The van der Waals surface area contributed by atoms with Gasteiger partial charge < -0.3 is 11.1 Å². The van der Waals surface area contributed by atoms with Gasteiger partial charge in [-0.3, -0.25) is 4.79 Å². The van der Waals surface area contributed by atoms with Crippen molar-refractivity contribution in [3.05, 3.63) is 40.4 Å². The predicted octanol–water partition coefficient (Wildman–Crippen LogP) is 2.23. The lowest BCUT2D eigenvalue weighted by atomic mass is 9.95. The van der Waals surface area contributed by atoms with Gasteiger partial charge in [-0.1, -0.05) is 16.8 Å². The summed E-state index contributed by atoms with van der Waals surface area (Å²) in [5.41, 5.74) is 6.70. The zero-order valence-electron chi connectivity index (χ0n) is 13.5. The summed E-state index contributed by atoms with van der Waals surface area (Å²) in [5, 5.41) is 10.9. The molecule has 1 fully saturated rings. The van der Waals surface area contributed by atoms with Crippen LogP contribution in [0.25, 0.3) is 5.69 Å². The number of nitrogens with one attached hydrogen (secondary N) is 1. The minimum atomic E-state index is -0.515. The van der Waals surface area contributed by atoms with Gasteiger partial charge in [0.25, 0.3) is 5.91 Å². The number of hydrogen-bond acceptors (Lipinski definition) is 4. The molecule has 0 bridgehead atoms. The van der Waals surface area contributed by atoms with E-state index in [1.807, 2.05) is 6.92 Å².